The fourth-order valence-electron chi connectivity index (χ4n) is 2.49. The van der Waals surface area contributed by atoms with Crippen molar-refractivity contribution >= 4 is 31.8 Å². The van der Waals surface area contributed by atoms with Crippen LogP contribution >= 0.6 is 11.6 Å². The molecule has 0 spiro atoms. The number of rotatable bonds is 5. The summed E-state index contributed by atoms with van der Waals surface area (Å²) in [4.78, 5) is 25.9. The zero-order chi connectivity index (χ0) is 19.0. The van der Waals surface area contributed by atoms with E-state index in [9.17, 15) is 9.59 Å². The standard InChI is InChI=1S/C17H30ClNO4Si/c1-10(2)13(16(21)22-7)19-14(18)12(15(19)20)11(3)23-24(8,9)17(4,5)6/h11-12,14H,1-9H3/t11-,12-,14+/m1/s1. The van der Waals surface area contributed by atoms with Gasteiger partial charge in [0.25, 0.3) is 0 Å². The van der Waals surface area contributed by atoms with Crippen molar-refractivity contribution in [2.45, 2.75) is 71.3 Å². The SMILES string of the molecule is COC(=O)C(=C(C)C)N1C(=O)[C@H]([C@@H](C)O[Si](C)(C)C(C)(C)C)[C@H]1Cl. The van der Waals surface area contributed by atoms with Crippen molar-refractivity contribution in [3.63, 3.8) is 0 Å². The van der Waals surface area contributed by atoms with Crippen LogP contribution in [0.2, 0.25) is 18.1 Å². The van der Waals surface area contributed by atoms with E-state index in [0.717, 1.165) is 0 Å². The van der Waals surface area contributed by atoms with Crippen molar-refractivity contribution in [1.29, 1.82) is 0 Å². The maximum absolute atomic E-state index is 12.7. The van der Waals surface area contributed by atoms with Gasteiger partial charge < -0.3 is 9.16 Å². The number of methoxy groups -OCH3 is 1. The molecule has 1 amide bonds. The van der Waals surface area contributed by atoms with E-state index in [1.807, 2.05) is 6.92 Å². The fourth-order valence-corrected chi connectivity index (χ4v) is 4.43. The summed E-state index contributed by atoms with van der Waals surface area (Å²) < 4.78 is 11.1. The number of ether oxygens (including phenoxy) is 1. The second kappa shape index (κ2) is 7.18. The van der Waals surface area contributed by atoms with Gasteiger partial charge in [-0.3, -0.25) is 9.69 Å². The molecule has 0 aromatic heterocycles. The first-order valence-electron chi connectivity index (χ1n) is 8.17. The van der Waals surface area contributed by atoms with Gasteiger partial charge in [0.1, 0.15) is 11.2 Å². The number of halogens is 1. The van der Waals surface area contributed by atoms with Crippen molar-refractivity contribution in [3.05, 3.63) is 11.3 Å². The molecule has 0 unspecified atom stereocenters. The Bertz CT molecular complexity index is 549. The van der Waals surface area contributed by atoms with Crippen LogP contribution in [0.3, 0.4) is 0 Å². The van der Waals surface area contributed by atoms with Gasteiger partial charge in [-0.25, -0.2) is 4.79 Å². The highest BCUT2D eigenvalue weighted by Crippen LogP contribution is 2.42. The quantitative estimate of drug-likeness (QED) is 0.183. The third-order valence-electron chi connectivity index (χ3n) is 4.95. The first-order chi connectivity index (χ1) is 10.8. The minimum Gasteiger partial charge on any atom is -0.464 e. The molecule has 24 heavy (non-hydrogen) atoms. The van der Waals surface area contributed by atoms with E-state index in [2.05, 4.69) is 33.9 Å². The van der Waals surface area contributed by atoms with E-state index in [0.29, 0.717) is 5.57 Å². The number of likely N-dealkylation sites (tertiary alicyclic amines) is 1. The molecule has 1 fully saturated rings. The molecule has 138 valence electrons. The van der Waals surface area contributed by atoms with Crippen LogP contribution in [0.5, 0.6) is 0 Å². The topological polar surface area (TPSA) is 55.8 Å². The van der Waals surface area contributed by atoms with Gasteiger partial charge in [-0.15, -0.1) is 0 Å². The summed E-state index contributed by atoms with van der Waals surface area (Å²) in [7, 11) is -0.714. The Kier molecular flexibility index (Phi) is 6.34. The van der Waals surface area contributed by atoms with Crippen LogP contribution in [0.1, 0.15) is 41.5 Å². The average Bonchev–Trinajstić information content (AvgIpc) is 2.41. The van der Waals surface area contributed by atoms with Gasteiger partial charge in [0, 0.05) is 0 Å². The molecule has 0 radical (unpaired) electrons. The lowest BCUT2D eigenvalue weighted by molar-refractivity contribution is -0.158. The lowest BCUT2D eigenvalue weighted by Gasteiger charge is -2.49. The molecular formula is C17H30ClNO4Si. The zero-order valence-corrected chi connectivity index (χ0v) is 17.9. The Labute approximate surface area is 151 Å². The summed E-state index contributed by atoms with van der Waals surface area (Å²) in [6.07, 6.45) is -0.298. The normalized spacial score (nSPS) is 22.8. The highest BCUT2D eigenvalue weighted by molar-refractivity contribution is 6.74. The molecule has 0 aliphatic carbocycles. The van der Waals surface area contributed by atoms with Gasteiger partial charge in [-0.05, 0) is 44.5 Å². The molecule has 3 atom stereocenters. The van der Waals surface area contributed by atoms with E-state index in [4.69, 9.17) is 20.8 Å². The molecule has 1 aliphatic rings. The van der Waals surface area contributed by atoms with E-state index in [1.165, 1.54) is 12.0 Å². The summed E-state index contributed by atoms with van der Waals surface area (Å²) in [5.74, 6) is -1.20. The van der Waals surface area contributed by atoms with Gasteiger partial charge in [0.05, 0.1) is 19.1 Å². The maximum atomic E-state index is 12.7. The van der Waals surface area contributed by atoms with Gasteiger partial charge in [0.2, 0.25) is 5.91 Å². The molecule has 0 aromatic rings. The van der Waals surface area contributed by atoms with Crippen molar-refractivity contribution in [2.24, 2.45) is 5.92 Å². The molecule has 0 bridgehead atoms. The minimum atomic E-state index is -2.01. The molecule has 5 nitrogen and oxygen atoms in total. The Morgan fingerprint density at radius 1 is 1.29 bits per heavy atom. The van der Waals surface area contributed by atoms with Crippen LogP contribution in [0.15, 0.2) is 11.3 Å². The number of β-lactam (4-membered cyclic amide) rings is 1. The Hall–Kier alpha value is -0.853. The number of nitrogens with zero attached hydrogens (tertiary/aromatic N) is 1. The third-order valence-corrected chi connectivity index (χ3v) is 9.99. The first-order valence-corrected chi connectivity index (χ1v) is 11.5. The number of esters is 1. The number of allylic oxidation sites excluding steroid dienone is 1. The van der Waals surface area contributed by atoms with Crippen LogP contribution in [0.25, 0.3) is 0 Å². The Balaban J connectivity index is 2.96. The number of amides is 1. The van der Waals surface area contributed by atoms with Crippen LogP contribution in [0, 0.1) is 5.92 Å². The van der Waals surface area contributed by atoms with Crippen LogP contribution in [-0.2, 0) is 18.8 Å². The molecule has 1 heterocycles. The first kappa shape index (κ1) is 21.2. The summed E-state index contributed by atoms with van der Waals surface area (Å²) in [5, 5.41) is 0.0483. The van der Waals surface area contributed by atoms with E-state index >= 15 is 0 Å². The number of carbonyl (C=O) groups excluding carboxylic acids is 2. The lowest BCUT2D eigenvalue weighted by Crippen LogP contribution is -2.63. The predicted molar refractivity (Wildman–Crippen MR) is 98.1 cm³/mol. The fraction of sp³-hybridized carbons (Fsp3) is 0.765. The second-order valence-corrected chi connectivity index (χ2v) is 13.2. The molecule has 0 saturated carbocycles. The lowest BCUT2D eigenvalue weighted by atomic mass is 9.91. The summed E-state index contributed by atoms with van der Waals surface area (Å²) in [6.45, 7) is 16.1. The van der Waals surface area contributed by atoms with Crippen molar-refractivity contribution < 1.29 is 18.8 Å². The number of hydrogen-bond donors (Lipinski definition) is 0. The molecule has 7 heteroatoms. The van der Waals surface area contributed by atoms with Crippen LogP contribution in [0.4, 0.5) is 0 Å². The molecule has 1 aliphatic heterocycles. The summed E-state index contributed by atoms with van der Waals surface area (Å²) in [6, 6.07) is 0. The van der Waals surface area contributed by atoms with E-state index in [-0.39, 0.29) is 22.7 Å². The summed E-state index contributed by atoms with van der Waals surface area (Å²) in [5.41, 5.74) is 0.303. The number of alkyl halides is 1. The highest BCUT2D eigenvalue weighted by Gasteiger charge is 2.54. The zero-order valence-electron chi connectivity index (χ0n) is 16.2. The third kappa shape index (κ3) is 3.86. The Morgan fingerprint density at radius 3 is 2.12 bits per heavy atom. The van der Waals surface area contributed by atoms with Crippen molar-refractivity contribution in [3.8, 4) is 0 Å². The van der Waals surface area contributed by atoms with Crippen molar-refractivity contribution in [1.82, 2.24) is 4.90 Å². The molecular weight excluding hydrogens is 346 g/mol. The maximum Gasteiger partial charge on any atom is 0.354 e. The van der Waals surface area contributed by atoms with Gasteiger partial charge in [-0.2, -0.15) is 0 Å². The van der Waals surface area contributed by atoms with Crippen LogP contribution in [-0.4, -0.2) is 43.8 Å². The largest absolute Gasteiger partial charge is 0.464 e. The van der Waals surface area contributed by atoms with E-state index in [1.54, 1.807) is 13.8 Å². The van der Waals surface area contributed by atoms with Gasteiger partial charge >= 0.3 is 5.97 Å². The minimum absolute atomic E-state index is 0.0483. The smallest absolute Gasteiger partial charge is 0.354 e. The Morgan fingerprint density at radius 2 is 1.79 bits per heavy atom. The van der Waals surface area contributed by atoms with Crippen molar-refractivity contribution in [2.75, 3.05) is 7.11 Å². The number of carbonyl (C=O) groups is 2. The molecule has 0 aromatic carbocycles. The van der Waals surface area contributed by atoms with Gasteiger partial charge in [0.15, 0.2) is 8.32 Å². The van der Waals surface area contributed by atoms with E-state index < -0.39 is 25.7 Å². The summed E-state index contributed by atoms with van der Waals surface area (Å²) >= 11 is 6.45. The average molecular weight is 376 g/mol. The van der Waals surface area contributed by atoms with Gasteiger partial charge in [-0.1, -0.05) is 32.4 Å². The molecule has 1 saturated heterocycles. The highest BCUT2D eigenvalue weighted by atomic mass is 35.5. The number of hydrogen-bond acceptors (Lipinski definition) is 4. The predicted octanol–water partition coefficient (Wildman–Crippen LogP) is 3.89. The second-order valence-electron chi connectivity index (χ2n) is 8.03. The monoisotopic (exact) mass is 375 g/mol. The molecule has 0 N–H and O–H groups in total. The molecule has 1 rings (SSSR count). The van der Waals surface area contributed by atoms with Crippen LogP contribution < -0.4 is 0 Å².